The molecule has 0 aliphatic carbocycles. The Morgan fingerprint density at radius 1 is 0.714 bits per heavy atom. The van der Waals surface area contributed by atoms with Gasteiger partial charge in [0.05, 0.1) is 5.71 Å². The highest BCUT2D eigenvalue weighted by molar-refractivity contribution is 6.20. The van der Waals surface area contributed by atoms with Gasteiger partial charge >= 0.3 is 0 Å². The molecular weight excluding hydrogens is 256 g/mol. The van der Waals surface area contributed by atoms with Crippen molar-refractivity contribution >= 4 is 27.3 Å². The molecule has 4 rings (SSSR count). The molecule has 2 nitrogen and oxygen atoms in total. The van der Waals surface area contributed by atoms with E-state index in [4.69, 9.17) is 0 Å². The maximum atomic E-state index is 4.42. The van der Waals surface area contributed by atoms with Gasteiger partial charge in [0.15, 0.2) is 0 Å². The average Bonchev–Trinajstić information content (AvgIpc) is 2.83. The molecule has 3 aromatic rings. The zero-order chi connectivity index (χ0) is 14.1. The molecule has 0 radical (unpaired) electrons. The summed E-state index contributed by atoms with van der Waals surface area (Å²) in [5, 5.41) is 9.45. The summed E-state index contributed by atoms with van der Waals surface area (Å²) in [6.45, 7) is 0. The van der Waals surface area contributed by atoms with Crippen molar-refractivity contribution in [2.45, 2.75) is 0 Å². The molecule has 100 valence electrons. The molecule has 21 heavy (non-hydrogen) atoms. The van der Waals surface area contributed by atoms with Crippen LogP contribution in [0.1, 0.15) is 5.56 Å². The number of rotatable bonds is 1. The van der Waals surface area contributed by atoms with Gasteiger partial charge in [-0.1, -0.05) is 60.7 Å². The zero-order valence-electron chi connectivity index (χ0n) is 11.5. The molecule has 0 amide bonds. The first-order valence-corrected chi connectivity index (χ1v) is 7.01. The van der Waals surface area contributed by atoms with Crippen LogP contribution in [0.25, 0.3) is 21.5 Å². The Hall–Kier alpha value is -2.87. The predicted octanol–water partition coefficient (Wildman–Crippen LogP) is 4.37. The summed E-state index contributed by atoms with van der Waals surface area (Å²) < 4.78 is 0. The van der Waals surface area contributed by atoms with E-state index in [1.54, 1.807) is 0 Å². The summed E-state index contributed by atoms with van der Waals surface area (Å²) in [4.78, 5) is 0. The molecule has 0 saturated carbocycles. The van der Waals surface area contributed by atoms with E-state index < -0.39 is 0 Å². The SMILES string of the molecule is C1=CNN=C(c2cccc3c2ccc2ccccc23)C=C1. The summed E-state index contributed by atoms with van der Waals surface area (Å²) in [6, 6.07) is 19.2. The van der Waals surface area contributed by atoms with Crippen LogP contribution in [0.2, 0.25) is 0 Å². The van der Waals surface area contributed by atoms with Crippen molar-refractivity contribution in [3.8, 4) is 0 Å². The fourth-order valence-corrected chi connectivity index (χ4v) is 2.80. The molecule has 0 aromatic heterocycles. The lowest BCUT2D eigenvalue weighted by Gasteiger charge is -2.09. The number of hydrogen-bond acceptors (Lipinski definition) is 2. The number of benzene rings is 3. The first-order chi connectivity index (χ1) is 10.4. The summed E-state index contributed by atoms with van der Waals surface area (Å²) >= 11 is 0. The Morgan fingerprint density at radius 3 is 2.62 bits per heavy atom. The van der Waals surface area contributed by atoms with E-state index in [-0.39, 0.29) is 0 Å². The van der Waals surface area contributed by atoms with Gasteiger partial charge in [-0.2, -0.15) is 5.10 Å². The Labute approximate surface area is 123 Å². The lowest BCUT2D eigenvalue weighted by Crippen LogP contribution is -2.03. The Morgan fingerprint density at radius 2 is 1.62 bits per heavy atom. The second kappa shape index (κ2) is 4.91. The highest BCUT2D eigenvalue weighted by atomic mass is 15.3. The largest absolute Gasteiger partial charge is 0.285 e. The van der Waals surface area contributed by atoms with Crippen molar-refractivity contribution in [1.29, 1.82) is 0 Å². The maximum Gasteiger partial charge on any atom is 0.0911 e. The summed E-state index contributed by atoms with van der Waals surface area (Å²) in [7, 11) is 0. The molecule has 1 heterocycles. The molecular formula is C19H14N2. The first kappa shape index (κ1) is 11.9. The van der Waals surface area contributed by atoms with Crippen LogP contribution in [0.4, 0.5) is 0 Å². The van der Waals surface area contributed by atoms with E-state index in [9.17, 15) is 0 Å². The highest BCUT2D eigenvalue weighted by Gasteiger charge is 2.08. The fourth-order valence-electron chi connectivity index (χ4n) is 2.80. The lowest BCUT2D eigenvalue weighted by molar-refractivity contribution is 0.973. The Balaban J connectivity index is 2.03. The second-order valence-corrected chi connectivity index (χ2v) is 5.03. The van der Waals surface area contributed by atoms with Gasteiger partial charge in [0.1, 0.15) is 0 Å². The molecule has 1 N–H and O–H groups in total. The van der Waals surface area contributed by atoms with Crippen LogP contribution >= 0.6 is 0 Å². The van der Waals surface area contributed by atoms with Crippen LogP contribution in [-0.4, -0.2) is 5.71 Å². The predicted molar refractivity (Wildman–Crippen MR) is 89.4 cm³/mol. The third-order valence-electron chi connectivity index (χ3n) is 3.78. The van der Waals surface area contributed by atoms with Gasteiger partial charge in [0.25, 0.3) is 0 Å². The number of allylic oxidation sites excluding steroid dienone is 3. The van der Waals surface area contributed by atoms with Gasteiger partial charge < -0.3 is 0 Å². The van der Waals surface area contributed by atoms with Gasteiger partial charge in [-0.15, -0.1) is 0 Å². The molecule has 2 heteroatoms. The third kappa shape index (κ3) is 2.01. The minimum absolute atomic E-state index is 0.945. The standard InChI is InChI=1S/C19H14N2/c1-2-7-15-14(6-1)11-12-17-16(15)8-5-9-18(17)19-10-3-4-13-20-21-19/h1-13,20H. The van der Waals surface area contributed by atoms with Crippen molar-refractivity contribution < 1.29 is 0 Å². The summed E-state index contributed by atoms with van der Waals surface area (Å²) in [5.41, 5.74) is 5.03. The Bertz CT molecular complexity index is 917. The monoisotopic (exact) mass is 270 g/mol. The number of nitrogens with zero attached hydrogens (tertiary/aromatic N) is 1. The zero-order valence-corrected chi connectivity index (χ0v) is 11.5. The topological polar surface area (TPSA) is 24.4 Å². The van der Waals surface area contributed by atoms with Crippen LogP contribution in [-0.2, 0) is 0 Å². The molecule has 0 spiro atoms. The normalized spacial score (nSPS) is 14.0. The van der Waals surface area contributed by atoms with Crippen molar-refractivity contribution in [3.05, 3.63) is 84.6 Å². The smallest absolute Gasteiger partial charge is 0.0911 e. The third-order valence-corrected chi connectivity index (χ3v) is 3.78. The van der Waals surface area contributed by atoms with E-state index in [1.807, 2.05) is 24.4 Å². The van der Waals surface area contributed by atoms with Crippen LogP contribution < -0.4 is 5.43 Å². The Kier molecular flexibility index (Phi) is 2.79. The fraction of sp³-hybridized carbons (Fsp3) is 0. The molecule has 3 aromatic carbocycles. The number of nitrogens with one attached hydrogen (secondary N) is 1. The summed E-state index contributed by atoms with van der Waals surface area (Å²) in [6.07, 6.45) is 7.79. The highest BCUT2D eigenvalue weighted by Crippen LogP contribution is 2.28. The number of fused-ring (bicyclic) bond motifs is 3. The minimum atomic E-state index is 0.945. The number of hydrazone groups is 1. The molecule has 0 atom stereocenters. The van der Waals surface area contributed by atoms with E-state index in [1.165, 1.54) is 21.5 Å². The van der Waals surface area contributed by atoms with E-state index in [0.29, 0.717) is 0 Å². The van der Waals surface area contributed by atoms with E-state index in [2.05, 4.69) is 65.1 Å². The van der Waals surface area contributed by atoms with Crippen molar-refractivity contribution in [3.63, 3.8) is 0 Å². The molecule has 0 saturated heterocycles. The first-order valence-electron chi connectivity index (χ1n) is 7.01. The van der Waals surface area contributed by atoms with Gasteiger partial charge in [-0.25, -0.2) is 0 Å². The minimum Gasteiger partial charge on any atom is -0.285 e. The summed E-state index contributed by atoms with van der Waals surface area (Å²) in [5.74, 6) is 0. The average molecular weight is 270 g/mol. The van der Waals surface area contributed by atoms with Gasteiger partial charge in [0.2, 0.25) is 0 Å². The number of hydrogen-bond donors (Lipinski definition) is 1. The van der Waals surface area contributed by atoms with E-state index >= 15 is 0 Å². The molecule has 1 aliphatic rings. The van der Waals surface area contributed by atoms with Crippen LogP contribution in [0.5, 0.6) is 0 Å². The molecule has 0 fully saturated rings. The second-order valence-electron chi connectivity index (χ2n) is 5.03. The lowest BCUT2D eigenvalue weighted by atomic mass is 9.96. The van der Waals surface area contributed by atoms with Crippen molar-refractivity contribution in [2.75, 3.05) is 0 Å². The van der Waals surface area contributed by atoms with E-state index in [0.717, 1.165) is 11.3 Å². The molecule has 0 unspecified atom stereocenters. The molecule has 0 bridgehead atoms. The van der Waals surface area contributed by atoms with Crippen LogP contribution in [0, 0.1) is 0 Å². The van der Waals surface area contributed by atoms with Crippen molar-refractivity contribution in [1.82, 2.24) is 5.43 Å². The van der Waals surface area contributed by atoms with Crippen LogP contribution in [0.3, 0.4) is 0 Å². The maximum absolute atomic E-state index is 4.42. The van der Waals surface area contributed by atoms with Crippen LogP contribution in [0.15, 0.2) is 84.1 Å². The van der Waals surface area contributed by atoms with Gasteiger partial charge in [0, 0.05) is 11.8 Å². The van der Waals surface area contributed by atoms with Gasteiger partial charge in [-0.3, -0.25) is 5.43 Å². The van der Waals surface area contributed by atoms with Gasteiger partial charge in [-0.05, 0) is 33.7 Å². The molecule has 1 aliphatic heterocycles. The quantitative estimate of drug-likeness (QED) is 0.652. The van der Waals surface area contributed by atoms with Crippen molar-refractivity contribution in [2.24, 2.45) is 5.10 Å².